The van der Waals surface area contributed by atoms with Gasteiger partial charge in [0, 0.05) is 75.4 Å². The SMILES string of the molecule is Cc1cc(Cc2cc(Oc3ccc(-c4nc(Nc5cc(C)c(Cl)c(C)c5)n[nH]4)cc3)cc(C)n2)cc(Nc2n[nH]c(-c3ccc(Oc4ccnc(C)c4)cc3)n2)c1. The number of pyridine rings is 2. The van der Waals surface area contributed by atoms with Crippen LogP contribution in [0.15, 0.2) is 109 Å². The first-order chi connectivity index (χ1) is 27.6. The molecular weight excluding hydrogens is 736 g/mol. The van der Waals surface area contributed by atoms with Crippen molar-refractivity contribution in [3.05, 3.63) is 154 Å². The summed E-state index contributed by atoms with van der Waals surface area (Å²) in [6.45, 7) is 9.91. The molecule has 4 aromatic carbocycles. The third-order valence-electron chi connectivity index (χ3n) is 9.02. The fraction of sp³-hybridized carbons (Fsp3) is 0.136. The standard InChI is InChI=1S/C44H39ClN10O2/c1-25-16-30(22-33(17-25)48-43-50-41(52-54-43)31-6-10-36(11-7-31)56-38-14-15-46-28(4)20-38)23-35-24-39(21-29(5)47-35)57-37-12-8-32(9-13-37)42-51-44(55-53-42)49-34-18-26(2)40(45)27(3)19-34/h6-22,24H,23H2,1-5H3,(H2,48,50,52,54)(H2,49,51,53,55). The number of H-pyrrole nitrogens is 2. The Balaban J connectivity index is 0.898. The molecule has 4 heterocycles. The number of halogens is 1. The molecule has 0 aliphatic heterocycles. The number of hydrogen-bond donors (Lipinski definition) is 4. The van der Waals surface area contributed by atoms with Crippen molar-refractivity contribution in [2.24, 2.45) is 0 Å². The zero-order valence-electron chi connectivity index (χ0n) is 32.0. The summed E-state index contributed by atoms with van der Waals surface area (Å²) in [7, 11) is 0. The highest BCUT2D eigenvalue weighted by Crippen LogP contribution is 2.30. The summed E-state index contributed by atoms with van der Waals surface area (Å²) in [6, 6.07) is 33.3. The maximum atomic E-state index is 6.33. The van der Waals surface area contributed by atoms with Gasteiger partial charge < -0.3 is 20.1 Å². The molecule has 4 aromatic heterocycles. The van der Waals surface area contributed by atoms with Gasteiger partial charge in [-0.25, -0.2) is 0 Å². The van der Waals surface area contributed by atoms with Gasteiger partial charge in [0.2, 0.25) is 11.9 Å². The second-order valence-electron chi connectivity index (χ2n) is 13.9. The smallest absolute Gasteiger partial charge is 0.246 e. The third kappa shape index (κ3) is 9.09. The van der Waals surface area contributed by atoms with Crippen LogP contribution in [0.4, 0.5) is 23.3 Å². The molecule has 284 valence electrons. The molecule has 8 rings (SSSR count). The maximum absolute atomic E-state index is 6.33. The minimum absolute atomic E-state index is 0.466. The van der Waals surface area contributed by atoms with Crippen molar-refractivity contribution in [2.45, 2.75) is 41.0 Å². The molecule has 0 amide bonds. The minimum atomic E-state index is 0.466. The van der Waals surface area contributed by atoms with Crippen LogP contribution in [0.2, 0.25) is 5.02 Å². The van der Waals surface area contributed by atoms with E-state index in [0.717, 1.165) is 78.4 Å². The molecule has 0 saturated heterocycles. The largest absolute Gasteiger partial charge is 0.457 e. The van der Waals surface area contributed by atoms with E-state index in [-0.39, 0.29) is 0 Å². The number of nitrogens with one attached hydrogen (secondary N) is 4. The van der Waals surface area contributed by atoms with E-state index in [1.807, 2.05) is 113 Å². The van der Waals surface area contributed by atoms with Crippen LogP contribution in [0, 0.1) is 34.6 Å². The first-order valence-corrected chi connectivity index (χ1v) is 18.7. The van der Waals surface area contributed by atoms with Gasteiger partial charge in [-0.2, -0.15) is 9.97 Å². The Labute approximate surface area is 334 Å². The molecule has 0 spiro atoms. The van der Waals surface area contributed by atoms with E-state index >= 15 is 0 Å². The number of ether oxygens (including phenoxy) is 2. The fourth-order valence-corrected chi connectivity index (χ4v) is 6.59. The second-order valence-corrected chi connectivity index (χ2v) is 14.3. The lowest BCUT2D eigenvalue weighted by molar-refractivity contribution is 0.480. The van der Waals surface area contributed by atoms with Gasteiger partial charge in [-0.05, 0) is 136 Å². The number of aromatic nitrogens is 8. The van der Waals surface area contributed by atoms with Crippen molar-refractivity contribution < 1.29 is 9.47 Å². The molecule has 12 nitrogen and oxygen atoms in total. The number of anilines is 4. The van der Waals surface area contributed by atoms with E-state index in [4.69, 9.17) is 26.1 Å². The molecule has 0 unspecified atom stereocenters. The highest BCUT2D eigenvalue weighted by atomic mass is 35.5. The average molecular weight is 775 g/mol. The van der Waals surface area contributed by atoms with Crippen LogP contribution in [0.25, 0.3) is 22.8 Å². The van der Waals surface area contributed by atoms with Crippen molar-refractivity contribution in [2.75, 3.05) is 10.6 Å². The Kier molecular flexibility index (Phi) is 10.3. The van der Waals surface area contributed by atoms with Gasteiger partial charge in [0.25, 0.3) is 0 Å². The van der Waals surface area contributed by atoms with Crippen LogP contribution in [0.1, 0.15) is 39.3 Å². The van der Waals surface area contributed by atoms with Crippen LogP contribution < -0.4 is 20.1 Å². The molecule has 0 bridgehead atoms. The molecule has 0 radical (unpaired) electrons. The molecule has 0 aliphatic carbocycles. The van der Waals surface area contributed by atoms with Gasteiger partial charge in [0.05, 0.1) is 0 Å². The Hall–Kier alpha value is -7.05. The molecule has 0 aliphatic rings. The maximum Gasteiger partial charge on any atom is 0.246 e. The van der Waals surface area contributed by atoms with Crippen molar-refractivity contribution >= 4 is 34.9 Å². The molecule has 8 aromatic rings. The van der Waals surface area contributed by atoms with Gasteiger partial charge in [-0.15, -0.1) is 10.2 Å². The topological polar surface area (TPSA) is 151 Å². The summed E-state index contributed by atoms with van der Waals surface area (Å²) in [5.74, 6) is 5.07. The number of benzene rings is 4. The third-order valence-corrected chi connectivity index (χ3v) is 9.61. The fourth-order valence-electron chi connectivity index (χ4n) is 6.48. The van der Waals surface area contributed by atoms with Crippen LogP contribution in [-0.4, -0.2) is 40.3 Å². The predicted molar refractivity (Wildman–Crippen MR) is 223 cm³/mol. The van der Waals surface area contributed by atoms with E-state index in [2.05, 4.69) is 71.1 Å². The van der Waals surface area contributed by atoms with Gasteiger partial charge in [0.1, 0.15) is 23.0 Å². The first kappa shape index (κ1) is 36.9. The van der Waals surface area contributed by atoms with Crippen LogP contribution >= 0.6 is 11.6 Å². The lowest BCUT2D eigenvalue weighted by Gasteiger charge is -2.11. The molecule has 0 fully saturated rings. The van der Waals surface area contributed by atoms with Crippen molar-refractivity contribution in [1.29, 1.82) is 0 Å². The molecular formula is C44H39ClN10O2. The van der Waals surface area contributed by atoms with Crippen LogP contribution in [-0.2, 0) is 6.42 Å². The van der Waals surface area contributed by atoms with Gasteiger partial charge in [0.15, 0.2) is 11.6 Å². The Morgan fingerprint density at radius 3 is 1.72 bits per heavy atom. The van der Waals surface area contributed by atoms with E-state index in [0.29, 0.717) is 41.5 Å². The van der Waals surface area contributed by atoms with E-state index in [1.54, 1.807) is 6.20 Å². The Morgan fingerprint density at radius 2 is 1.12 bits per heavy atom. The van der Waals surface area contributed by atoms with Crippen LogP contribution in [0.3, 0.4) is 0 Å². The van der Waals surface area contributed by atoms with Crippen LogP contribution in [0.5, 0.6) is 23.0 Å². The summed E-state index contributed by atoms with van der Waals surface area (Å²) in [6.07, 6.45) is 2.34. The second kappa shape index (κ2) is 16.0. The van der Waals surface area contributed by atoms with Gasteiger partial charge in [-0.1, -0.05) is 17.7 Å². The van der Waals surface area contributed by atoms with Crippen molar-refractivity contribution in [3.8, 4) is 45.8 Å². The predicted octanol–water partition coefficient (Wildman–Crippen LogP) is 10.9. The molecule has 0 atom stereocenters. The summed E-state index contributed by atoms with van der Waals surface area (Å²) in [5, 5.41) is 22.2. The summed E-state index contributed by atoms with van der Waals surface area (Å²) < 4.78 is 12.3. The van der Waals surface area contributed by atoms with Gasteiger partial charge in [-0.3, -0.25) is 20.2 Å². The Morgan fingerprint density at radius 1 is 0.561 bits per heavy atom. The normalized spacial score (nSPS) is 11.1. The zero-order valence-corrected chi connectivity index (χ0v) is 32.7. The number of aromatic amines is 2. The highest BCUT2D eigenvalue weighted by Gasteiger charge is 2.12. The number of rotatable bonds is 12. The Bertz CT molecular complexity index is 2670. The average Bonchev–Trinajstić information content (AvgIpc) is 3.84. The quantitative estimate of drug-likeness (QED) is 0.0944. The van der Waals surface area contributed by atoms with Crippen molar-refractivity contribution in [3.63, 3.8) is 0 Å². The van der Waals surface area contributed by atoms with Crippen molar-refractivity contribution in [1.82, 2.24) is 40.3 Å². The molecule has 0 saturated carbocycles. The monoisotopic (exact) mass is 774 g/mol. The molecule has 13 heteroatoms. The van der Waals surface area contributed by atoms with Gasteiger partial charge >= 0.3 is 0 Å². The molecule has 4 N–H and O–H groups in total. The minimum Gasteiger partial charge on any atom is -0.457 e. The zero-order chi connectivity index (χ0) is 39.5. The summed E-state index contributed by atoms with van der Waals surface area (Å²) >= 11 is 6.33. The van der Waals surface area contributed by atoms with E-state index in [1.165, 1.54) is 0 Å². The van der Waals surface area contributed by atoms with E-state index < -0.39 is 0 Å². The van der Waals surface area contributed by atoms with E-state index in [9.17, 15) is 0 Å². The first-order valence-electron chi connectivity index (χ1n) is 18.3. The lowest BCUT2D eigenvalue weighted by Crippen LogP contribution is -1.99. The highest BCUT2D eigenvalue weighted by molar-refractivity contribution is 6.32. The lowest BCUT2D eigenvalue weighted by atomic mass is 10.0. The number of nitrogens with zero attached hydrogens (tertiary/aromatic N) is 6. The number of hydrogen-bond acceptors (Lipinski definition) is 10. The number of aryl methyl sites for hydroxylation is 5. The molecule has 57 heavy (non-hydrogen) atoms. The summed E-state index contributed by atoms with van der Waals surface area (Å²) in [5.41, 5.74) is 10.3. The summed E-state index contributed by atoms with van der Waals surface area (Å²) in [4.78, 5) is 18.3.